The lowest BCUT2D eigenvalue weighted by Gasteiger charge is -2.28. The van der Waals surface area contributed by atoms with E-state index in [1.807, 2.05) is 0 Å². The van der Waals surface area contributed by atoms with Crippen LogP contribution < -0.4 is 4.74 Å². The summed E-state index contributed by atoms with van der Waals surface area (Å²) in [5, 5.41) is 11.0. The minimum atomic E-state index is -0.914. The van der Waals surface area contributed by atoms with Crippen molar-refractivity contribution < 1.29 is 33.0 Å². The number of morpholine rings is 1. The third kappa shape index (κ3) is 4.26. The maximum atomic E-state index is 13.9. The number of carbonyl (C=O) groups is 2. The van der Waals surface area contributed by atoms with Crippen molar-refractivity contribution in [3.05, 3.63) is 59.3 Å². The van der Waals surface area contributed by atoms with Gasteiger partial charge in [-0.05, 0) is 36.8 Å². The Labute approximate surface area is 184 Å². The van der Waals surface area contributed by atoms with Crippen molar-refractivity contribution in [2.24, 2.45) is 0 Å². The molecule has 8 nitrogen and oxygen atoms in total. The first-order valence-electron chi connectivity index (χ1n) is 10.5. The van der Waals surface area contributed by atoms with E-state index in [1.165, 1.54) is 30.4 Å². The summed E-state index contributed by atoms with van der Waals surface area (Å²) in [4.78, 5) is 29.5. The molecular weight excluding hydrogens is 419 g/mol. The molecule has 170 valence electrons. The van der Waals surface area contributed by atoms with Crippen molar-refractivity contribution in [3.63, 3.8) is 0 Å². The SMILES string of the molecule is COc1ccc(F)cc1/C(O)=C1\C(=O)C(=O)N(CCCN2CCOCC2)[C@@H]1c1ccco1. The van der Waals surface area contributed by atoms with Crippen LogP contribution in [0.25, 0.3) is 5.76 Å². The Bertz CT molecular complexity index is 1010. The Morgan fingerprint density at radius 2 is 2.00 bits per heavy atom. The molecular formula is C23H25FN2O6. The third-order valence-corrected chi connectivity index (χ3v) is 5.75. The summed E-state index contributed by atoms with van der Waals surface area (Å²) in [5.41, 5.74) is -0.157. The Morgan fingerprint density at radius 3 is 2.69 bits per heavy atom. The molecule has 32 heavy (non-hydrogen) atoms. The molecule has 2 aliphatic heterocycles. The van der Waals surface area contributed by atoms with Crippen molar-refractivity contribution in [2.75, 3.05) is 46.5 Å². The van der Waals surface area contributed by atoms with Crippen molar-refractivity contribution >= 4 is 17.4 Å². The number of furan rings is 1. The number of hydrogen-bond acceptors (Lipinski definition) is 7. The van der Waals surface area contributed by atoms with E-state index >= 15 is 0 Å². The number of hydrogen-bond donors (Lipinski definition) is 1. The number of amides is 1. The summed E-state index contributed by atoms with van der Waals surface area (Å²) in [6.45, 7) is 4.03. The number of ketones is 1. The minimum absolute atomic E-state index is 0.00428. The van der Waals surface area contributed by atoms with Gasteiger partial charge in [-0.15, -0.1) is 0 Å². The Morgan fingerprint density at radius 1 is 1.22 bits per heavy atom. The number of halogens is 1. The van der Waals surface area contributed by atoms with Crippen molar-refractivity contribution in [2.45, 2.75) is 12.5 Å². The maximum Gasteiger partial charge on any atom is 0.295 e. The summed E-state index contributed by atoms with van der Waals surface area (Å²) in [7, 11) is 1.37. The van der Waals surface area contributed by atoms with Crippen LogP contribution in [-0.4, -0.2) is 73.1 Å². The molecule has 0 saturated carbocycles. The van der Waals surface area contributed by atoms with Crippen LogP contribution in [0.15, 0.2) is 46.6 Å². The van der Waals surface area contributed by atoms with Gasteiger partial charge in [0.2, 0.25) is 0 Å². The van der Waals surface area contributed by atoms with Gasteiger partial charge in [-0.3, -0.25) is 14.5 Å². The molecule has 1 aromatic carbocycles. The zero-order valence-electron chi connectivity index (χ0n) is 17.8. The lowest BCUT2D eigenvalue weighted by atomic mass is 9.98. The second-order valence-corrected chi connectivity index (χ2v) is 7.66. The molecule has 1 amide bonds. The van der Waals surface area contributed by atoms with Crippen molar-refractivity contribution in [3.8, 4) is 5.75 Å². The van der Waals surface area contributed by atoms with Crippen LogP contribution in [0.1, 0.15) is 23.8 Å². The van der Waals surface area contributed by atoms with Crippen LogP contribution in [0.4, 0.5) is 4.39 Å². The van der Waals surface area contributed by atoms with E-state index in [2.05, 4.69) is 4.90 Å². The number of Topliss-reactive ketones (excluding diaryl/α,β-unsaturated/α-hetero) is 1. The summed E-state index contributed by atoms with van der Waals surface area (Å²) in [6.07, 6.45) is 2.07. The van der Waals surface area contributed by atoms with Gasteiger partial charge in [-0.2, -0.15) is 0 Å². The van der Waals surface area contributed by atoms with Crippen LogP contribution >= 0.6 is 0 Å². The lowest BCUT2D eigenvalue weighted by molar-refractivity contribution is -0.140. The fourth-order valence-electron chi connectivity index (χ4n) is 4.15. The number of likely N-dealkylation sites (tertiary alicyclic amines) is 1. The van der Waals surface area contributed by atoms with Gasteiger partial charge in [0, 0.05) is 26.2 Å². The van der Waals surface area contributed by atoms with Gasteiger partial charge in [0.05, 0.1) is 37.7 Å². The first-order chi connectivity index (χ1) is 15.5. The number of carbonyl (C=O) groups excluding carboxylic acids is 2. The van der Waals surface area contributed by atoms with E-state index in [4.69, 9.17) is 13.9 Å². The zero-order chi connectivity index (χ0) is 22.7. The third-order valence-electron chi connectivity index (χ3n) is 5.75. The minimum Gasteiger partial charge on any atom is -0.507 e. The van der Waals surface area contributed by atoms with E-state index < -0.39 is 29.3 Å². The molecule has 4 rings (SSSR count). The van der Waals surface area contributed by atoms with E-state index in [9.17, 15) is 19.1 Å². The van der Waals surface area contributed by atoms with Crippen LogP contribution in [0.3, 0.4) is 0 Å². The molecule has 0 radical (unpaired) electrons. The van der Waals surface area contributed by atoms with Gasteiger partial charge < -0.3 is 23.9 Å². The number of methoxy groups -OCH3 is 1. The molecule has 1 N–H and O–H groups in total. The van der Waals surface area contributed by atoms with E-state index in [0.29, 0.717) is 31.9 Å². The number of aliphatic hydroxyl groups excluding tert-OH is 1. The molecule has 3 heterocycles. The summed E-state index contributed by atoms with van der Waals surface area (Å²) >= 11 is 0. The fourth-order valence-corrected chi connectivity index (χ4v) is 4.15. The second kappa shape index (κ2) is 9.54. The lowest BCUT2D eigenvalue weighted by Crippen LogP contribution is -2.38. The normalized spacial score (nSPS) is 21.3. The second-order valence-electron chi connectivity index (χ2n) is 7.66. The number of benzene rings is 1. The Hall–Kier alpha value is -3.17. The average molecular weight is 444 g/mol. The predicted molar refractivity (Wildman–Crippen MR) is 113 cm³/mol. The van der Waals surface area contributed by atoms with Gasteiger partial charge in [-0.25, -0.2) is 4.39 Å². The highest BCUT2D eigenvalue weighted by Crippen LogP contribution is 2.41. The van der Waals surface area contributed by atoms with Gasteiger partial charge in [-0.1, -0.05) is 0 Å². The molecule has 9 heteroatoms. The molecule has 0 spiro atoms. The standard InChI is InChI=1S/C23H25FN2O6/c1-30-17-6-5-15(24)14-16(17)21(27)19-20(18-4-2-11-32-18)26(23(29)22(19)28)8-3-7-25-9-12-31-13-10-25/h2,4-6,11,14,20,27H,3,7-10,12-13H2,1H3/b21-19+/t20-/m1/s1. The summed E-state index contributed by atoms with van der Waals surface area (Å²) in [5.74, 6) is -2.17. The largest absolute Gasteiger partial charge is 0.507 e. The molecule has 0 aliphatic carbocycles. The Balaban J connectivity index is 1.67. The van der Waals surface area contributed by atoms with Crippen LogP contribution in [-0.2, 0) is 14.3 Å². The van der Waals surface area contributed by atoms with E-state index in [1.54, 1.807) is 12.1 Å². The highest BCUT2D eigenvalue weighted by molar-refractivity contribution is 6.46. The highest BCUT2D eigenvalue weighted by Gasteiger charge is 2.47. The maximum absolute atomic E-state index is 13.9. The van der Waals surface area contributed by atoms with Crippen molar-refractivity contribution in [1.29, 1.82) is 0 Å². The molecule has 0 bridgehead atoms. The van der Waals surface area contributed by atoms with Gasteiger partial charge in [0.15, 0.2) is 0 Å². The fraction of sp³-hybridized carbons (Fsp3) is 0.391. The van der Waals surface area contributed by atoms with Crippen LogP contribution in [0.5, 0.6) is 5.75 Å². The van der Waals surface area contributed by atoms with Gasteiger partial charge in [0.1, 0.15) is 29.1 Å². The molecule has 2 saturated heterocycles. The van der Waals surface area contributed by atoms with Crippen LogP contribution in [0, 0.1) is 5.82 Å². The van der Waals surface area contributed by atoms with Crippen molar-refractivity contribution in [1.82, 2.24) is 9.80 Å². The summed E-state index contributed by atoms with van der Waals surface area (Å²) < 4.78 is 30.0. The number of aliphatic hydroxyl groups is 1. The number of ether oxygens (including phenoxy) is 2. The Kier molecular flexibility index (Phi) is 6.57. The summed E-state index contributed by atoms with van der Waals surface area (Å²) in [6, 6.07) is 5.98. The molecule has 1 aromatic heterocycles. The number of nitrogens with zero attached hydrogens (tertiary/aromatic N) is 2. The first kappa shape index (κ1) is 22.0. The molecule has 1 atom stereocenters. The monoisotopic (exact) mass is 444 g/mol. The topological polar surface area (TPSA) is 92.5 Å². The van der Waals surface area contributed by atoms with Crippen LogP contribution in [0.2, 0.25) is 0 Å². The smallest absolute Gasteiger partial charge is 0.295 e. The number of rotatable bonds is 7. The zero-order valence-corrected chi connectivity index (χ0v) is 17.8. The van der Waals surface area contributed by atoms with Gasteiger partial charge in [0.25, 0.3) is 11.7 Å². The van der Waals surface area contributed by atoms with Gasteiger partial charge >= 0.3 is 0 Å². The van der Waals surface area contributed by atoms with E-state index in [-0.39, 0.29) is 16.9 Å². The molecule has 2 aromatic rings. The first-order valence-corrected chi connectivity index (χ1v) is 10.5. The molecule has 0 unspecified atom stereocenters. The highest BCUT2D eigenvalue weighted by atomic mass is 19.1. The average Bonchev–Trinajstić information content (AvgIpc) is 3.42. The molecule has 2 aliphatic rings. The quantitative estimate of drug-likeness (QED) is 0.399. The van der Waals surface area contributed by atoms with E-state index in [0.717, 1.165) is 25.7 Å². The predicted octanol–water partition coefficient (Wildman–Crippen LogP) is 2.57. The molecule has 2 fully saturated rings.